The van der Waals surface area contributed by atoms with Gasteiger partial charge >= 0.3 is 5.97 Å². The number of nitrogens with zero attached hydrogens (tertiary/aromatic N) is 1. The maximum Gasteiger partial charge on any atom is 0.338 e. The number of hydrogen-bond acceptors (Lipinski definition) is 5. The Bertz CT molecular complexity index is 1070. The van der Waals surface area contributed by atoms with Gasteiger partial charge in [0.25, 0.3) is 5.91 Å². The van der Waals surface area contributed by atoms with Gasteiger partial charge in [-0.1, -0.05) is 30.7 Å². The predicted molar refractivity (Wildman–Crippen MR) is 119 cm³/mol. The van der Waals surface area contributed by atoms with Crippen LogP contribution in [-0.4, -0.2) is 30.3 Å². The molecule has 1 N–H and O–H groups in total. The van der Waals surface area contributed by atoms with Gasteiger partial charge in [-0.3, -0.25) is 19.3 Å². The summed E-state index contributed by atoms with van der Waals surface area (Å²) in [6, 6.07) is 12.8. The SMILES string of the molecule is C[C@@H]1CC[C@H]2C(=O)N(c3ccc(C(=O)OCC(=O)Nc4ccccc4Cl)cc3)C(=O)[C@@H]2C1. The van der Waals surface area contributed by atoms with Crippen molar-refractivity contribution >= 4 is 46.7 Å². The molecule has 166 valence electrons. The quantitative estimate of drug-likeness (QED) is 0.543. The van der Waals surface area contributed by atoms with E-state index < -0.39 is 18.5 Å². The number of carbonyl (C=O) groups excluding carboxylic acids is 4. The molecule has 32 heavy (non-hydrogen) atoms. The molecule has 0 unspecified atom stereocenters. The van der Waals surface area contributed by atoms with Crippen LogP contribution in [0.3, 0.4) is 0 Å². The average molecular weight is 455 g/mol. The average Bonchev–Trinajstić information content (AvgIpc) is 3.03. The molecule has 0 aromatic heterocycles. The van der Waals surface area contributed by atoms with Crippen LogP contribution in [0.1, 0.15) is 36.5 Å². The summed E-state index contributed by atoms with van der Waals surface area (Å²) in [5, 5.41) is 2.95. The van der Waals surface area contributed by atoms with Gasteiger partial charge in [0.1, 0.15) is 0 Å². The molecule has 0 spiro atoms. The van der Waals surface area contributed by atoms with E-state index in [0.29, 0.717) is 22.3 Å². The van der Waals surface area contributed by atoms with E-state index in [0.717, 1.165) is 19.3 Å². The lowest BCUT2D eigenvalue weighted by atomic mass is 9.76. The van der Waals surface area contributed by atoms with Crippen LogP contribution in [0.5, 0.6) is 0 Å². The van der Waals surface area contributed by atoms with Crippen LogP contribution in [0.4, 0.5) is 11.4 Å². The lowest BCUT2D eigenvalue weighted by Gasteiger charge is -2.25. The summed E-state index contributed by atoms with van der Waals surface area (Å²) >= 11 is 5.99. The van der Waals surface area contributed by atoms with Crippen molar-refractivity contribution < 1.29 is 23.9 Å². The van der Waals surface area contributed by atoms with E-state index in [4.69, 9.17) is 16.3 Å². The summed E-state index contributed by atoms with van der Waals surface area (Å²) in [4.78, 5) is 51.2. The zero-order chi connectivity index (χ0) is 22.8. The highest BCUT2D eigenvalue weighted by molar-refractivity contribution is 6.33. The lowest BCUT2D eigenvalue weighted by molar-refractivity contribution is -0.122. The highest BCUT2D eigenvalue weighted by Gasteiger charge is 2.49. The van der Waals surface area contributed by atoms with Crippen molar-refractivity contribution in [1.29, 1.82) is 0 Å². The Kier molecular flexibility index (Phi) is 6.28. The second-order valence-electron chi connectivity index (χ2n) is 8.29. The van der Waals surface area contributed by atoms with Crippen LogP contribution in [0, 0.1) is 17.8 Å². The number of benzene rings is 2. The summed E-state index contributed by atoms with van der Waals surface area (Å²) in [6.07, 6.45) is 2.41. The first-order chi connectivity index (χ1) is 15.3. The van der Waals surface area contributed by atoms with E-state index in [1.165, 1.54) is 17.0 Å². The highest BCUT2D eigenvalue weighted by Crippen LogP contribution is 2.42. The Morgan fingerprint density at radius 3 is 2.44 bits per heavy atom. The molecular formula is C24H23ClN2O5. The molecule has 8 heteroatoms. The van der Waals surface area contributed by atoms with Crippen molar-refractivity contribution in [3.8, 4) is 0 Å². The van der Waals surface area contributed by atoms with Crippen molar-refractivity contribution in [3.05, 3.63) is 59.1 Å². The molecular weight excluding hydrogens is 432 g/mol. The van der Waals surface area contributed by atoms with Crippen LogP contribution in [0.25, 0.3) is 0 Å². The zero-order valence-electron chi connectivity index (χ0n) is 17.5. The highest BCUT2D eigenvalue weighted by atomic mass is 35.5. The number of imide groups is 1. The normalized spacial score (nSPS) is 22.4. The number of esters is 1. The predicted octanol–water partition coefficient (Wildman–Crippen LogP) is 4.06. The van der Waals surface area contributed by atoms with Gasteiger partial charge in [0.05, 0.1) is 33.8 Å². The Labute approximate surface area is 190 Å². The van der Waals surface area contributed by atoms with Crippen molar-refractivity contribution in [2.75, 3.05) is 16.8 Å². The topological polar surface area (TPSA) is 92.8 Å². The molecule has 1 aliphatic heterocycles. The van der Waals surface area contributed by atoms with Crippen LogP contribution >= 0.6 is 11.6 Å². The van der Waals surface area contributed by atoms with E-state index in [1.54, 1.807) is 36.4 Å². The Balaban J connectivity index is 1.37. The minimum absolute atomic E-state index is 0.168. The number of hydrogen-bond donors (Lipinski definition) is 1. The number of carbonyl (C=O) groups is 4. The van der Waals surface area contributed by atoms with Crippen LogP contribution < -0.4 is 10.2 Å². The summed E-state index contributed by atoms with van der Waals surface area (Å²) in [5.74, 6) is -1.62. The zero-order valence-corrected chi connectivity index (χ0v) is 18.3. The fraction of sp³-hybridized carbons (Fsp3) is 0.333. The molecule has 1 heterocycles. The number of anilines is 2. The number of nitrogens with one attached hydrogen (secondary N) is 1. The van der Waals surface area contributed by atoms with Gasteiger partial charge < -0.3 is 10.1 Å². The molecule has 1 aliphatic carbocycles. The third-order valence-electron chi connectivity index (χ3n) is 6.03. The van der Waals surface area contributed by atoms with Crippen LogP contribution in [0.2, 0.25) is 5.02 Å². The molecule has 4 rings (SSSR count). The van der Waals surface area contributed by atoms with Gasteiger partial charge in [0.2, 0.25) is 11.8 Å². The van der Waals surface area contributed by atoms with E-state index in [9.17, 15) is 19.2 Å². The molecule has 3 atom stereocenters. The molecule has 2 aromatic rings. The smallest absolute Gasteiger partial charge is 0.338 e. The third-order valence-corrected chi connectivity index (χ3v) is 6.36. The van der Waals surface area contributed by atoms with Crippen LogP contribution in [-0.2, 0) is 19.1 Å². The van der Waals surface area contributed by atoms with E-state index >= 15 is 0 Å². The van der Waals surface area contributed by atoms with Gasteiger partial charge in [0.15, 0.2) is 6.61 Å². The first kappa shape index (κ1) is 22.0. The lowest BCUT2D eigenvalue weighted by Crippen LogP contribution is -2.30. The van der Waals surface area contributed by atoms with E-state index in [-0.39, 0.29) is 29.2 Å². The van der Waals surface area contributed by atoms with Crippen molar-refractivity contribution in [2.24, 2.45) is 17.8 Å². The summed E-state index contributed by atoms with van der Waals surface area (Å²) in [6.45, 7) is 1.63. The molecule has 1 saturated heterocycles. The van der Waals surface area contributed by atoms with Gasteiger partial charge in [-0.25, -0.2) is 4.79 Å². The van der Waals surface area contributed by atoms with Gasteiger partial charge in [0, 0.05) is 0 Å². The van der Waals surface area contributed by atoms with Gasteiger partial charge in [-0.2, -0.15) is 0 Å². The molecule has 2 aliphatic rings. The first-order valence-corrected chi connectivity index (χ1v) is 10.9. The summed E-state index contributed by atoms with van der Waals surface area (Å²) in [7, 11) is 0. The third kappa shape index (κ3) is 4.39. The van der Waals surface area contributed by atoms with E-state index in [1.807, 2.05) is 0 Å². The minimum atomic E-state index is -0.688. The molecule has 2 aromatic carbocycles. The number of para-hydroxylation sites is 1. The van der Waals surface area contributed by atoms with Crippen molar-refractivity contribution in [3.63, 3.8) is 0 Å². The second-order valence-corrected chi connectivity index (χ2v) is 8.70. The van der Waals surface area contributed by atoms with E-state index in [2.05, 4.69) is 12.2 Å². The Hall–Kier alpha value is -3.19. The summed E-state index contributed by atoms with van der Waals surface area (Å²) in [5.41, 5.74) is 1.08. The fourth-order valence-electron chi connectivity index (χ4n) is 4.35. The Morgan fingerprint density at radius 1 is 1.03 bits per heavy atom. The minimum Gasteiger partial charge on any atom is -0.452 e. The number of fused-ring (bicyclic) bond motifs is 1. The maximum absolute atomic E-state index is 12.8. The number of ether oxygens (including phenoxy) is 1. The molecule has 7 nitrogen and oxygen atoms in total. The van der Waals surface area contributed by atoms with Crippen LogP contribution in [0.15, 0.2) is 48.5 Å². The molecule has 0 bridgehead atoms. The number of amides is 3. The van der Waals surface area contributed by atoms with Crippen molar-refractivity contribution in [2.45, 2.75) is 26.2 Å². The Morgan fingerprint density at radius 2 is 1.72 bits per heavy atom. The largest absolute Gasteiger partial charge is 0.452 e. The monoisotopic (exact) mass is 454 g/mol. The first-order valence-electron chi connectivity index (χ1n) is 10.5. The van der Waals surface area contributed by atoms with Gasteiger partial charge in [-0.05, 0) is 61.6 Å². The fourth-order valence-corrected chi connectivity index (χ4v) is 4.54. The molecule has 0 radical (unpaired) electrons. The second kappa shape index (κ2) is 9.12. The maximum atomic E-state index is 12.8. The molecule has 1 saturated carbocycles. The molecule has 2 fully saturated rings. The standard InChI is InChI=1S/C24H23ClN2O5/c1-14-6-11-17-18(12-14)23(30)27(22(17)29)16-9-7-15(8-10-16)24(31)32-13-21(28)26-20-5-3-2-4-19(20)25/h2-5,7-10,14,17-18H,6,11-13H2,1H3,(H,26,28)/t14-,17-,18-/m1/s1. The van der Waals surface area contributed by atoms with Crippen molar-refractivity contribution in [1.82, 2.24) is 0 Å². The van der Waals surface area contributed by atoms with Gasteiger partial charge in [-0.15, -0.1) is 0 Å². The molecule has 3 amide bonds. The summed E-state index contributed by atoms with van der Waals surface area (Å²) < 4.78 is 5.06. The number of rotatable bonds is 5. The number of halogens is 1.